The summed E-state index contributed by atoms with van der Waals surface area (Å²) in [7, 11) is 0. The highest BCUT2D eigenvalue weighted by atomic mass is 35.5. The Kier molecular flexibility index (Phi) is 4.63. The SMILES string of the molecule is O=C(NCCCN1CCOC1=O)c1ccc(Cl)cc1. The van der Waals surface area contributed by atoms with E-state index in [0.29, 0.717) is 43.2 Å². The molecule has 5 nitrogen and oxygen atoms in total. The van der Waals surface area contributed by atoms with Crippen molar-refractivity contribution in [3.63, 3.8) is 0 Å². The van der Waals surface area contributed by atoms with Gasteiger partial charge >= 0.3 is 6.09 Å². The van der Waals surface area contributed by atoms with Gasteiger partial charge in [0.15, 0.2) is 0 Å². The van der Waals surface area contributed by atoms with Crippen LogP contribution < -0.4 is 5.32 Å². The van der Waals surface area contributed by atoms with E-state index >= 15 is 0 Å². The van der Waals surface area contributed by atoms with Gasteiger partial charge in [-0.25, -0.2) is 4.79 Å². The van der Waals surface area contributed by atoms with Crippen LogP contribution in [0.15, 0.2) is 24.3 Å². The maximum atomic E-state index is 11.8. The first-order chi connectivity index (χ1) is 9.16. The molecule has 1 aromatic rings. The van der Waals surface area contributed by atoms with E-state index in [2.05, 4.69) is 5.32 Å². The zero-order valence-electron chi connectivity index (χ0n) is 10.4. The average Bonchev–Trinajstić information content (AvgIpc) is 2.81. The van der Waals surface area contributed by atoms with E-state index in [1.54, 1.807) is 29.2 Å². The highest BCUT2D eigenvalue weighted by Gasteiger charge is 2.20. The van der Waals surface area contributed by atoms with E-state index in [1.165, 1.54) is 0 Å². The summed E-state index contributed by atoms with van der Waals surface area (Å²) in [5.74, 6) is -0.138. The van der Waals surface area contributed by atoms with Crippen LogP contribution in [0.3, 0.4) is 0 Å². The summed E-state index contributed by atoms with van der Waals surface area (Å²) in [5, 5.41) is 3.40. The third kappa shape index (κ3) is 3.86. The van der Waals surface area contributed by atoms with Crippen LogP contribution in [0.1, 0.15) is 16.8 Å². The summed E-state index contributed by atoms with van der Waals surface area (Å²) >= 11 is 5.75. The Balaban J connectivity index is 1.69. The number of cyclic esters (lactones) is 1. The zero-order valence-corrected chi connectivity index (χ0v) is 11.2. The van der Waals surface area contributed by atoms with Gasteiger partial charge in [-0.2, -0.15) is 0 Å². The molecule has 1 N–H and O–H groups in total. The predicted molar refractivity (Wildman–Crippen MR) is 71.3 cm³/mol. The number of carbonyl (C=O) groups excluding carboxylic acids is 2. The van der Waals surface area contributed by atoms with E-state index in [0.717, 1.165) is 0 Å². The molecule has 0 unspecified atom stereocenters. The van der Waals surface area contributed by atoms with Crippen molar-refractivity contribution < 1.29 is 14.3 Å². The fraction of sp³-hybridized carbons (Fsp3) is 0.385. The molecule has 1 aliphatic rings. The minimum atomic E-state index is -0.274. The molecule has 0 aliphatic carbocycles. The Morgan fingerprint density at radius 1 is 1.37 bits per heavy atom. The van der Waals surface area contributed by atoms with Crippen LogP contribution in [-0.2, 0) is 4.74 Å². The largest absolute Gasteiger partial charge is 0.448 e. The molecule has 19 heavy (non-hydrogen) atoms. The van der Waals surface area contributed by atoms with Crippen molar-refractivity contribution in [2.24, 2.45) is 0 Å². The standard InChI is InChI=1S/C13H15ClN2O3/c14-11-4-2-10(3-5-11)12(17)15-6-1-7-16-8-9-19-13(16)18/h2-5H,1,6-9H2,(H,15,17). The maximum Gasteiger partial charge on any atom is 0.409 e. The molecule has 2 amide bonds. The number of amides is 2. The zero-order chi connectivity index (χ0) is 13.7. The number of benzene rings is 1. The van der Waals surface area contributed by atoms with Gasteiger partial charge in [0.1, 0.15) is 6.61 Å². The summed E-state index contributed by atoms with van der Waals surface area (Å²) < 4.78 is 4.81. The molecule has 0 atom stereocenters. The molecule has 1 fully saturated rings. The topological polar surface area (TPSA) is 58.6 Å². The van der Waals surface area contributed by atoms with Crippen LogP contribution in [0.2, 0.25) is 5.02 Å². The summed E-state index contributed by atoms with van der Waals surface area (Å²) in [4.78, 5) is 24.5. The monoisotopic (exact) mass is 282 g/mol. The van der Waals surface area contributed by atoms with Crippen molar-refractivity contribution in [1.29, 1.82) is 0 Å². The first-order valence-corrected chi connectivity index (χ1v) is 6.50. The Morgan fingerprint density at radius 3 is 2.74 bits per heavy atom. The van der Waals surface area contributed by atoms with Crippen LogP contribution in [-0.4, -0.2) is 43.1 Å². The Hall–Kier alpha value is -1.75. The van der Waals surface area contributed by atoms with Crippen LogP contribution in [0.25, 0.3) is 0 Å². The molecule has 0 spiro atoms. The fourth-order valence-corrected chi connectivity index (χ4v) is 1.93. The van der Waals surface area contributed by atoms with Gasteiger partial charge in [0.05, 0.1) is 6.54 Å². The Bertz CT molecular complexity index is 461. The molecule has 1 heterocycles. The number of ether oxygens (including phenoxy) is 1. The normalized spacial score (nSPS) is 14.4. The quantitative estimate of drug-likeness (QED) is 0.839. The lowest BCUT2D eigenvalue weighted by atomic mass is 10.2. The lowest BCUT2D eigenvalue weighted by molar-refractivity contribution is 0.0952. The minimum Gasteiger partial charge on any atom is -0.448 e. The van der Waals surface area contributed by atoms with Gasteiger partial charge in [-0.05, 0) is 30.7 Å². The summed E-state index contributed by atoms with van der Waals surface area (Å²) in [5.41, 5.74) is 0.574. The van der Waals surface area contributed by atoms with Crippen LogP contribution >= 0.6 is 11.6 Å². The van der Waals surface area contributed by atoms with Gasteiger partial charge in [-0.1, -0.05) is 11.6 Å². The smallest absolute Gasteiger partial charge is 0.409 e. The van der Waals surface area contributed by atoms with Gasteiger partial charge < -0.3 is 15.0 Å². The molecular formula is C13H15ClN2O3. The van der Waals surface area contributed by atoms with E-state index in [4.69, 9.17) is 16.3 Å². The van der Waals surface area contributed by atoms with E-state index in [1.807, 2.05) is 0 Å². The first-order valence-electron chi connectivity index (χ1n) is 6.12. The second-order valence-corrected chi connectivity index (χ2v) is 4.65. The summed E-state index contributed by atoms with van der Waals surface area (Å²) in [6.45, 7) is 2.20. The number of nitrogens with zero attached hydrogens (tertiary/aromatic N) is 1. The van der Waals surface area contributed by atoms with Gasteiger partial charge in [-0.15, -0.1) is 0 Å². The Morgan fingerprint density at radius 2 is 2.11 bits per heavy atom. The summed E-state index contributed by atoms with van der Waals surface area (Å²) in [6.07, 6.45) is 0.429. The molecular weight excluding hydrogens is 268 g/mol. The predicted octanol–water partition coefficient (Wildman–Crippen LogP) is 1.91. The number of rotatable bonds is 5. The number of hydrogen-bond acceptors (Lipinski definition) is 3. The van der Waals surface area contributed by atoms with Crippen molar-refractivity contribution in [1.82, 2.24) is 10.2 Å². The lowest BCUT2D eigenvalue weighted by Crippen LogP contribution is -2.30. The minimum absolute atomic E-state index is 0.138. The van der Waals surface area contributed by atoms with Crippen molar-refractivity contribution in [2.45, 2.75) is 6.42 Å². The van der Waals surface area contributed by atoms with Crippen molar-refractivity contribution in [3.8, 4) is 0 Å². The molecule has 1 aliphatic heterocycles. The molecule has 0 aromatic heterocycles. The van der Waals surface area contributed by atoms with E-state index < -0.39 is 0 Å². The molecule has 1 saturated heterocycles. The van der Waals surface area contributed by atoms with Gasteiger partial charge in [-0.3, -0.25) is 4.79 Å². The number of halogens is 1. The second kappa shape index (κ2) is 6.43. The van der Waals surface area contributed by atoms with Crippen molar-refractivity contribution in [3.05, 3.63) is 34.9 Å². The van der Waals surface area contributed by atoms with Gasteiger partial charge in [0.2, 0.25) is 0 Å². The van der Waals surface area contributed by atoms with E-state index in [-0.39, 0.29) is 12.0 Å². The van der Waals surface area contributed by atoms with Crippen molar-refractivity contribution >= 4 is 23.6 Å². The summed E-state index contributed by atoms with van der Waals surface area (Å²) in [6, 6.07) is 6.71. The molecule has 0 radical (unpaired) electrons. The van der Waals surface area contributed by atoms with Crippen LogP contribution in [0.5, 0.6) is 0 Å². The maximum absolute atomic E-state index is 11.8. The molecule has 6 heteroatoms. The average molecular weight is 283 g/mol. The van der Waals surface area contributed by atoms with Crippen LogP contribution in [0, 0.1) is 0 Å². The highest BCUT2D eigenvalue weighted by molar-refractivity contribution is 6.30. The van der Waals surface area contributed by atoms with Gasteiger partial charge in [0.25, 0.3) is 5.91 Å². The Labute approximate surface area is 116 Å². The highest BCUT2D eigenvalue weighted by Crippen LogP contribution is 2.09. The molecule has 0 bridgehead atoms. The number of carbonyl (C=O) groups is 2. The van der Waals surface area contributed by atoms with Crippen molar-refractivity contribution in [2.75, 3.05) is 26.2 Å². The number of nitrogens with one attached hydrogen (secondary N) is 1. The molecule has 0 saturated carbocycles. The first kappa shape index (κ1) is 13.7. The molecule has 102 valence electrons. The molecule has 1 aromatic carbocycles. The van der Waals surface area contributed by atoms with Crippen LogP contribution in [0.4, 0.5) is 4.79 Å². The third-order valence-electron chi connectivity index (χ3n) is 2.84. The third-order valence-corrected chi connectivity index (χ3v) is 3.09. The molecule has 2 rings (SSSR count). The van der Waals surface area contributed by atoms with Gasteiger partial charge in [0, 0.05) is 23.7 Å². The fourth-order valence-electron chi connectivity index (χ4n) is 1.80. The second-order valence-electron chi connectivity index (χ2n) is 4.22. The van der Waals surface area contributed by atoms with E-state index in [9.17, 15) is 9.59 Å². The lowest BCUT2D eigenvalue weighted by Gasteiger charge is -2.12. The number of hydrogen-bond donors (Lipinski definition) is 1.